The van der Waals surface area contributed by atoms with Gasteiger partial charge in [-0.3, -0.25) is 4.55 Å². The fourth-order valence-corrected chi connectivity index (χ4v) is 0.858. The second-order valence-electron chi connectivity index (χ2n) is 1.74. The summed E-state index contributed by atoms with van der Waals surface area (Å²) in [5.74, 6) is 0. The SMILES string of the molecule is O=S(=O)(O)O[n+]1ccccc1.[OH-]. The summed E-state index contributed by atoms with van der Waals surface area (Å²) in [7, 11) is -4.41. The standard InChI is InChI=1S/C5H5NO4S.H2O/c7-11(8,9)10-6-4-2-1-3-5-6;/h1-5H;1H2. The van der Waals surface area contributed by atoms with E-state index < -0.39 is 10.4 Å². The van der Waals surface area contributed by atoms with Gasteiger partial charge in [0.2, 0.25) is 12.4 Å². The van der Waals surface area contributed by atoms with Crippen LogP contribution < -0.4 is 9.01 Å². The van der Waals surface area contributed by atoms with Crippen LogP contribution in [0.5, 0.6) is 0 Å². The fraction of sp³-hybridized carbons (Fsp3) is 0. The van der Waals surface area contributed by atoms with E-state index in [1.807, 2.05) is 0 Å². The maximum atomic E-state index is 10.1. The van der Waals surface area contributed by atoms with Crippen LogP contribution in [0.3, 0.4) is 0 Å². The predicted octanol–water partition coefficient (Wildman–Crippen LogP) is -0.971. The summed E-state index contributed by atoms with van der Waals surface area (Å²) in [4.78, 5) is 0. The minimum absolute atomic E-state index is 0. The van der Waals surface area contributed by atoms with Crippen molar-refractivity contribution in [3.05, 3.63) is 30.6 Å². The summed E-state index contributed by atoms with van der Waals surface area (Å²) >= 11 is 0. The Kier molecular flexibility index (Phi) is 3.61. The van der Waals surface area contributed by atoms with Crippen LogP contribution >= 0.6 is 0 Å². The van der Waals surface area contributed by atoms with Crippen molar-refractivity contribution >= 4 is 10.4 Å². The third-order valence-corrected chi connectivity index (χ3v) is 1.23. The van der Waals surface area contributed by atoms with Gasteiger partial charge in [-0.1, -0.05) is 6.07 Å². The molecular weight excluding hydrogens is 186 g/mol. The van der Waals surface area contributed by atoms with Gasteiger partial charge < -0.3 is 5.48 Å². The van der Waals surface area contributed by atoms with Crippen molar-refractivity contribution in [2.24, 2.45) is 0 Å². The summed E-state index contributed by atoms with van der Waals surface area (Å²) in [5.41, 5.74) is 0. The second kappa shape index (κ2) is 4.00. The van der Waals surface area contributed by atoms with Gasteiger partial charge in [0, 0.05) is 16.9 Å². The van der Waals surface area contributed by atoms with Crippen LogP contribution in [0.25, 0.3) is 0 Å². The lowest BCUT2D eigenvalue weighted by Crippen LogP contribution is -2.44. The Balaban J connectivity index is 0.00000121. The smallest absolute Gasteiger partial charge is 0.500 e. The van der Waals surface area contributed by atoms with Crippen molar-refractivity contribution in [2.75, 3.05) is 0 Å². The van der Waals surface area contributed by atoms with Crippen molar-refractivity contribution in [3.63, 3.8) is 0 Å². The summed E-state index contributed by atoms with van der Waals surface area (Å²) in [6.07, 6.45) is 2.68. The van der Waals surface area contributed by atoms with Gasteiger partial charge in [0.1, 0.15) is 0 Å². The average Bonchev–Trinajstić information content (AvgIpc) is 1.85. The van der Waals surface area contributed by atoms with Crippen LogP contribution in [0.4, 0.5) is 0 Å². The zero-order valence-electron chi connectivity index (χ0n) is 5.86. The first-order valence-corrected chi connectivity index (χ1v) is 4.08. The molecule has 1 heterocycles. The van der Waals surface area contributed by atoms with Gasteiger partial charge in [-0.2, -0.15) is 8.42 Å². The largest absolute Gasteiger partial charge is 0.870 e. The number of nitrogens with zero attached hydrogens (tertiary/aromatic N) is 1. The number of pyridine rings is 1. The van der Waals surface area contributed by atoms with E-state index in [0.717, 1.165) is 4.73 Å². The van der Waals surface area contributed by atoms with Gasteiger partial charge >= 0.3 is 10.4 Å². The molecule has 12 heavy (non-hydrogen) atoms. The first-order valence-electron chi connectivity index (χ1n) is 2.71. The van der Waals surface area contributed by atoms with Crippen molar-refractivity contribution in [1.29, 1.82) is 0 Å². The van der Waals surface area contributed by atoms with E-state index in [2.05, 4.69) is 4.28 Å². The van der Waals surface area contributed by atoms with Crippen LogP contribution in [0, 0.1) is 0 Å². The highest BCUT2D eigenvalue weighted by molar-refractivity contribution is 7.80. The lowest BCUT2D eigenvalue weighted by atomic mass is 10.5. The number of rotatable bonds is 2. The number of hydrogen-bond donors (Lipinski definition) is 1. The second-order valence-corrected chi connectivity index (χ2v) is 2.74. The molecule has 0 aliphatic rings. The Hall–Kier alpha value is -1.18. The van der Waals surface area contributed by atoms with Crippen LogP contribution in [-0.4, -0.2) is 18.4 Å². The van der Waals surface area contributed by atoms with Crippen LogP contribution in [-0.2, 0) is 10.4 Å². The molecule has 0 radical (unpaired) electrons. The minimum atomic E-state index is -4.41. The Labute approximate surface area is 69.2 Å². The van der Waals surface area contributed by atoms with Gasteiger partial charge in [-0.15, -0.1) is 4.28 Å². The first kappa shape index (κ1) is 10.8. The van der Waals surface area contributed by atoms with Crippen LogP contribution in [0.2, 0.25) is 0 Å². The molecule has 7 heteroatoms. The molecule has 0 fully saturated rings. The van der Waals surface area contributed by atoms with E-state index in [4.69, 9.17) is 4.55 Å². The Morgan fingerprint density at radius 2 is 1.67 bits per heavy atom. The lowest BCUT2D eigenvalue weighted by Gasteiger charge is -1.89. The normalized spacial score (nSPS) is 10.1. The van der Waals surface area contributed by atoms with Crippen LogP contribution in [0.15, 0.2) is 30.6 Å². The highest BCUT2D eigenvalue weighted by Gasteiger charge is 2.11. The third-order valence-electron chi connectivity index (χ3n) is 0.868. The number of aromatic nitrogens is 1. The molecule has 0 bridgehead atoms. The van der Waals surface area contributed by atoms with E-state index in [1.54, 1.807) is 18.2 Å². The molecule has 6 nitrogen and oxygen atoms in total. The van der Waals surface area contributed by atoms with E-state index in [0.29, 0.717) is 0 Å². The molecule has 0 spiro atoms. The van der Waals surface area contributed by atoms with E-state index in [9.17, 15) is 8.42 Å². The molecule has 1 rings (SSSR count). The fourth-order valence-electron chi connectivity index (χ4n) is 0.541. The number of hydrogen-bond acceptors (Lipinski definition) is 4. The Morgan fingerprint density at radius 1 is 1.17 bits per heavy atom. The molecule has 2 N–H and O–H groups in total. The molecule has 0 saturated carbocycles. The maximum Gasteiger partial charge on any atom is 0.500 e. The molecular formula is C5H7NO5S. The van der Waals surface area contributed by atoms with Crippen LogP contribution in [0.1, 0.15) is 0 Å². The lowest BCUT2D eigenvalue weighted by molar-refractivity contribution is -0.857. The average molecular weight is 193 g/mol. The van der Waals surface area contributed by atoms with Gasteiger partial charge in [0.05, 0.1) is 0 Å². The highest BCUT2D eigenvalue weighted by atomic mass is 32.3. The first-order chi connectivity index (χ1) is 5.08. The van der Waals surface area contributed by atoms with Gasteiger partial charge in [0.25, 0.3) is 0 Å². The Bertz CT molecular complexity index is 321. The van der Waals surface area contributed by atoms with E-state index >= 15 is 0 Å². The molecule has 0 unspecified atom stereocenters. The molecule has 0 saturated heterocycles. The molecule has 0 aliphatic carbocycles. The summed E-state index contributed by atoms with van der Waals surface area (Å²) < 4.78 is 33.3. The molecule has 0 aliphatic heterocycles. The molecule has 0 aromatic carbocycles. The summed E-state index contributed by atoms with van der Waals surface area (Å²) in [5, 5.41) is 0. The molecule has 1 aromatic heterocycles. The van der Waals surface area contributed by atoms with Gasteiger partial charge in [-0.25, -0.2) is 0 Å². The highest BCUT2D eigenvalue weighted by Crippen LogP contribution is 1.77. The van der Waals surface area contributed by atoms with Crippen molar-refractivity contribution in [2.45, 2.75) is 0 Å². The molecule has 0 amide bonds. The van der Waals surface area contributed by atoms with E-state index in [1.165, 1.54) is 12.4 Å². The van der Waals surface area contributed by atoms with Crippen molar-refractivity contribution in [1.82, 2.24) is 0 Å². The quantitative estimate of drug-likeness (QED) is 0.481. The Morgan fingerprint density at radius 3 is 2.08 bits per heavy atom. The monoisotopic (exact) mass is 193 g/mol. The molecule has 68 valence electrons. The molecule has 1 aromatic rings. The van der Waals surface area contributed by atoms with Gasteiger partial charge in [0.15, 0.2) is 0 Å². The van der Waals surface area contributed by atoms with Crippen molar-refractivity contribution in [3.8, 4) is 0 Å². The maximum absolute atomic E-state index is 10.1. The van der Waals surface area contributed by atoms with Crippen molar-refractivity contribution < 1.29 is 27.5 Å². The predicted molar refractivity (Wildman–Crippen MR) is 36.7 cm³/mol. The molecule has 0 atom stereocenters. The zero-order valence-corrected chi connectivity index (χ0v) is 6.68. The minimum Gasteiger partial charge on any atom is -0.870 e. The summed E-state index contributed by atoms with van der Waals surface area (Å²) in [6.45, 7) is 0. The topological polar surface area (TPSA) is 97.5 Å². The van der Waals surface area contributed by atoms with Gasteiger partial charge in [-0.05, 0) is 0 Å². The third kappa shape index (κ3) is 3.86. The summed E-state index contributed by atoms with van der Waals surface area (Å²) in [6, 6.07) is 4.81. The van der Waals surface area contributed by atoms with E-state index in [-0.39, 0.29) is 5.48 Å². The zero-order chi connectivity index (χ0) is 8.32.